The van der Waals surface area contributed by atoms with Crippen LogP contribution in [-0.2, 0) is 4.79 Å². The molecule has 0 spiro atoms. The zero-order chi connectivity index (χ0) is 21.2. The highest BCUT2D eigenvalue weighted by molar-refractivity contribution is 6.16. The number of anilines is 1. The number of aliphatic imine (C=N–C) groups is 1. The molecule has 2 aromatic carbocycles. The summed E-state index contributed by atoms with van der Waals surface area (Å²) in [5.74, 6) is 0.425. The lowest BCUT2D eigenvalue weighted by molar-refractivity contribution is -0.135. The van der Waals surface area contributed by atoms with Crippen LogP contribution >= 0.6 is 0 Å². The average molecular weight is 401 g/mol. The standard InChI is InChI=1S/C23H23N5O2/c1-14-9-8-12-17(15(14)2)28-18(16-10-6-5-7-11-16)13-27-19-20(24-22(27)28)25(3)23(30)26(4)21(19)29/h5-13,19-20H,1-4H3. The van der Waals surface area contributed by atoms with Crippen molar-refractivity contribution in [1.82, 2.24) is 14.7 Å². The molecule has 2 unspecified atom stereocenters. The van der Waals surface area contributed by atoms with E-state index in [2.05, 4.69) is 43.0 Å². The van der Waals surface area contributed by atoms with E-state index in [1.165, 1.54) is 22.4 Å². The quantitative estimate of drug-likeness (QED) is 0.776. The topological polar surface area (TPSA) is 59.5 Å². The van der Waals surface area contributed by atoms with Crippen LogP contribution in [0.3, 0.4) is 0 Å². The first-order valence-corrected chi connectivity index (χ1v) is 9.94. The molecule has 0 aromatic heterocycles. The van der Waals surface area contributed by atoms with E-state index in [9.17, 15) is 9.59 Å². The molecule has 3 aliphatic rings. The Kier molecular flexibility index (Phi) is 3.96. The SMILES string of the molecule is Cc1cccc(N2C(c3ccccc3)=CN3C2=NC2C3C(=O)N(C)C(=O)N2C)c1C. The molecule has 30 heavy (non-hydrogen) atoms. The lowest BCUT2D eigenvalue weighted by atomic mass is 10.1. The van der Waals surface area contributed by atoms with Crippen molar-refractivity contribution in [1.29, 1.82) is 0 Å². The molecule has 0 radical (unpaired) electrons. The lowest BCUT2D eigenvalue weighted by Crippen LogP contribution is -2.63. The van der Waals surface area contributed by atoms with Gasteiger partial charge in [-0.2, -0.15) is 0 Å². The second kappa shape index (κ2) is 6.45. The van der Waals surface area contributed by atoms with Crippen LogP contribution < -0.4 is 4.90 Å². The summed E-state index contributed by atoms with van der Waals surface area (Å²) < 4.78 is 0. The highest BCUT2D eigenvalue weighted by atomic mass is 16.2. The van der Waals surface area contributed by atoms with E-state index in [4.69, 9.17) is 4.99 Å². The fourth-order valence-electron chi connectivity index (χ4n) is 4.35. The third kappa shape index (κ3) is 2.41. The van der Waals surface area contributed by atoms with Gasteiger partial charge in [0.25, 0.3) is 5.91 Å². The van der Waals surface area contributed by atoms with Crippen molar-refractivity contribution in [3.63, 3.8) is 0 Å². The number of benzene rings is 2. The maximum absolute atomic E-state index is 13.0. The molecular formula is C23H23N5O2. The molecule has 7 heteroatoms. The van der Waals surface area contributed by atoms with Crippen LogP contribution in [-0.4, -0.2) is 58.9 Å². The van der Waals surface area contributed by atoms with Gasteiger partial charge in [0.1, 0.15) is 0 Å². The van der Waals surface area contributed by atoms with Crippen molar-refractivity contribution < 1.29 is 9.59 Å². The molecule has 152 valence electrons. The van der Waals surface area contributed by atoms with Crippen LogP contribution in [0.4, 0.5) is 10.5 Å². The highest BCUT2D eigenvalue weighted by Crippen LogP contribution is 2.41. The van der Waals surface area contributed by atoms with Crippen LogP contribution in [0.15, 0.2) is 59.7 Å². The molecule has 0 N–H and O–H groups in total. The number of hydrogen-bond acceptors (Lipinski definition) is 5. The Balaban J connectivity index is 1.69. The molecule has 3 amide bonds. The number of fused-ring (bicyclic) bond motifs is 3. The summed E-state index contributed by atoms with van der Waals surface area (Å²) in [6, 6.07) is 15.4. The van der Waals surface area contributed by atoms with E-state index in [0.717, 1.165) is 22.5 Å². The number of amides is 3. The molecular weight excluding hydrogens is 378 g/mol. The van der Waals surface area contributed by atoms with Crippen molar-refractivity contribution in [2.45, 2.75) is 26.1 Å². The van der Waals surface area contributed by atoms with E-state index in [1.54, 1.807) is 7.05 Å². The molecule has 3 aliphatic heterocycles. The second-order valence-corrected chi connectivity index (χ2v) is 7.92. The van der Waals surface area contributed by atoms with Crippen molar-refractivity contribution in [3.05, 3.63) is 71.4 Å². The van der Waals surface area contributed by atoms with Gasteiger partial charge in [-0.3, -0.25) is 19.5 Å². The third-order valence-electron chi connectivity index (χ3n) is 6.22. The van der Waals surface area contributed by atoms with Gasteiger partial charge in [-0.1, -0.05) is 42.5 Å². The number of nitrogens with zero attached hydrogens (tertiary/aromatic N) is 5. The predicted molar refractivity (Wildman–Crippen MR) is 116 cm³/mol. The molecule has 1 saturated heterocycles. The number of likely N-dealkylation sites (N-methyl/N-ethyl adjacent to an activating group) is 2. The molecule has 0 saturated carbocycles. The second-order valence-electron chi connectivity index (χ2n) is 7.92. The van der Waals surface area contributed by atoms with Crippen LogP contribution in [0.1, 0.15) is 16.7 Å². The number of carbonyl (C=O) groups excluding carboxylic acids is 2. The maximum Gasteiger partial charge on any atom is 0.328 e. The van der Waals surface area contributed by atoms with Crippen LogP contribution in [0.5, 0.6) is 0 Å². The summed E-state index contributed by atoms with van der Waals surface area (Å²) in [5.41, 5.74) is 5.33. The number of aryl methyl sites for hydroxylation is 1. The summed E-state index contributed by atoms with van der Waals surface area (Å²) in [5, 5.41) is 0. The summed E-state index contributed by atoms with van der Waals surface area (Å²) >= 11 is 0. The predicted octanol–water partition coefficient (Wildman–Crippen LogP) is 3.01. The molecule has 3 heterocycles. The Morgan fingerprint density at radius 2 is 1.67 bits per heavy atom. The average Bonchev–Trinajstić information content (AvgIpc) is 3.30. The van der Waals surface area contributed by atoms with Gasteiger partial charge in [-0.05, 0) is 31.0 Å². The first-order chi connectivity index (χ1) is 14.4. The fraction of sp³-hybridized carbons (Fsp3) is 0.261. The Morgan fingerprint density at radius 1 is 0.933 bits per heavy atom. The first-order valence-electron chi connectivity index (χ1n) is 9.94. The van der Waals surface area contributed by atoms with Crippen LogP contribution in [0.25, 0.3) is 5.70 Å². The van der Waals surface area contributed by atoms with Gasteiger partial charge in [0.15, 0.2) is 12.2 Å². The third-order valence-corrected chi connectivity index (χ3v) is 6.22. The molecule has 2 aromatic rings. The zero-order valence-corrected chi connectivity index (χ0v) is 17.4. The van der Waals surface area contributed by atoms with E-state index < -0.39 is 12.2 Å². The van der Waals surface area contributed by atoms with Crippen molar-refractivity contribution in [2.75, 3.05) is 19.0 Å². The van der Waals surface area contributed by atoms with E-state index in [0.29, 0.717) is 5.96 Å². The molecule has 2 atom stereocenters. The molecule has 0 bridgehead atoms. The van der Waals surface area contributed by atoms with E-state index >= 15 is 0 Å². The number of carbonyl (C=O) groups is 2. The van der Waals surface area contributed by atoms with Crippen molar-refractivity contribution >= 4 is 29.3 Å². The van der Waals surface area contributed by atoms with Gasteiger partial charge in [-0.25, -0.2) is 9.79 Å². The van der Waals surface area contributed by atoms with E-state index in [1.807, 2.05) is 35.4 Å². The number of urea groups is 1. The number of imide groups is 1. The Hall–Kier alpha value is -3.61. The van der Waals surface area contributed by atoms with Gasteiger partial charge in [0.2, 0.25) is 5.96 Å². The smallest absolute Gasteiger partial charge is 0.302 e. The van der Waals surface area contributed by atoms with Crippen molar-refractivity contribution in [3.8, 4) is 0 Å². The lowest BCUT2D eigenvalue weighted by Gasteiger charge is -2.38. The summed E-state index contributed by atoms with van der Waals surface area (Å²) in [6.45, 7) is 4.17. The minimum Gasteiger partial charge on any atom is -0.302 e. The Bertz CT molecular complexity index is 1120. The molecule has 5 rings (SSSR count). The van der Waals surface area contributed by atoms with Crippen LogP contribution in [0, 0.1) is 13.8 Å². The molecule has 1 fully saturated rings. The largest absolute Gasteiger partial charge is 0.328 e. The Labute approximate surface area is 175 Å². The van der Waals surface area contributed by atoms with Gasteiger partial charge >= 0.3 is 6.03 Å². The number of rotatable bonds is 2. The van der Waals surface area contributed by atoms with Crippen molar-refractivity contribution in [2.24, 2.45) is 4.99 Å². The number of guanidine groups is 1. The normalized spacial score (nSPS) is 22.9. The number of hydrogen-bond donors (Lipinski definition) is 0. The highest BCUT2D eigenvalue weighted by Gasteiger charge is 2.54. The summed E-state index contributed by atoms with van der Waals surface area (Å²) in [6.07, 6.45) is 1.44. The molecule has 0 aliphatic carbocycles. The first kappa shape index (κ1) is 18.4. The monoisotopic (exact) mass is 401 g/mol. The maximum atomic E-state index is 13.0. The Morgan fingerprint density at radius 3 is 2.40 bits per heavy atom. The summed E-state index contributed by atoms with van der Waals surface area (Å²) in [4.78, 5) is 37.1. The van der Waals surface area contributed by atoms with Crippen LogP contribution in [0.2, 0.25) is 0 Å². The minimum absolute atomic E-state index is 0.242. The van der Waals surface area contributed by atoms with Gasteiger partial charge < -0.3 is 4.90 Å². The fourth-order valence-corrected chi connectivity index (χ4v) is 4.35. The van der Waals surface area contributed by atoms with Gasteiger partial charge in [-0.15, -0.1) is 0 Å². The molecule has 7 nitrogen and oxygen atoms in total. The zero-order valence-electron chi connectivity index (χ0n) is 17.4. The van der Waals surface area contributed by atoms with Gasteiger partial charge in [0, 0.05) is 25.9 Å². The van der Waals surface area contributed by atoms with Gasteiger partial charge in [0.05, 0.1) is 11.4 Å². The minimum atomic E-state index is -0.568. The van der Waals surface area contributed by atoms with E-state index in [-0.39, 0.29) is 11.9 Å². The summed E-state index contributed by atoms with van der Waals surface area (Å²) in [7, 11) is 3.22.